The van der Waals surface area contributed by atoms with Crippen molar-refractivity contribution in [3.63, 3.8) is 0 Å². The molecule has 0 amide bonds. The SMILES string of the molecule is COC(=O)c1cc2c(N3CCN(c4ccccc4C#N)CC3)cn(SOI)c2cc1C. The number of nitriles is 1. The molecular weight excluding hydrogens is 527 g/mol. The van der Waals surface area contributed by atoms with Crippen molar-refractivity contribution in [3.05, 3.63) is 59.3 Å². The van der Waals surface area contributed by atoms with E-state index in [1.807, 2.05) is 76.5 Å². The molecule has 0 N–H and O–H groups in total. The Labute approximate surface area is 199 Å². The van der Waals surface area contributed by atoms with Crippen LogP contribution in [0.2, 0.25) is 0 Å². The highest BCUT2D eigenvalue weighted by atomic mass is 127. The average Bonchev–Trinajstić information content (AvgIpc) is 3.15. The van der Waals surface area contributed by atoms with Gasteiger partial charge in [0, 0.05) is 37.8 Å². The van der Waals surface area contributed by atoms with E-state index in [0.717, 1.165) is 54.0 Å². The Bertz CT molecular complexity index is 1170. The number of rotatable bonds is 5. The monoisotopic (exact) mass is 548 g/mol. The smallest absolute Gasteiger partial charge is 0.338 e. The minimum absolute atomic E-state index is 0.339. The molecule has 1 fully saturated rings. The number of ether oxygens (including phenoxy) is 1. The molecule has 160 valence electrons. The lowest BCUT2D eigenvalue weighted by atomic mass is 10.0. The summed E-state index contributed by atoms with van der Waals surface area (Å²) in [6.45, 7) is 5.11. The summed E-state index contributed by atoms with van der Waals surface area (Å²) in [6, 6.07) is 13.9. The minimum Gasteiger partial charge on any atom is -0.465 e. The van der Waals surface area contributed by atoms with Crippen molar-refractivity contribution in [1.29, 1.82) is 5.26 Å². The minimum atomic E-state index is -0.339. The molecule has 1 aliphatic rings. The number of piperazine rings is 1. The molecule has 7 nitrogen and oxygen atoms in total. The van der Waals surface area contributed by atoms with Crippen molar-refractivity contribution in [2.24, 2.45) is 0 Å². The van der Waals surface area contributed by atoms with Gasteiger partial charge in [-0.3, -0.25) is 3.97 Å². The molecule has 1 aromatic heterocycles. The van der Waals surface area contributed by atoms with Gasteiger partial charge < -0.3 is 14.5 Å². The topological polar surface area (TPSA) is 70.7 Å². The van der Waals surface area contributed by atoms with E-state index in [0.29, 0.717) is 11.1 Å². The van der Waals surface area contributed by atoms with Crippen LogP contribution in [-0.4, -0.2) is 43.2 Å². The number of carbonyl (C=O) groups is 1. The predicted molar refractivity (Wildman–Crippen MR) is 132 cm³/mol. The van der Waals surface area contributed by atoms with E-state index in [-0.39, 0.29) is 5.97 Å². The van der Waals surface area contributed by atoms with Gasteiger partial charge in [-0.15, -0.1) is 0 Å². The number of hydrogen-bond acceptors (Lipinski definition) is 7. The number of aryl methyl sites for hydroxylation is 1. The van der Waals surface area contributed by atoms with Gasteiger partial charge in [0.05, 0.1) is 35.1 Å². The predicted octanol–water partition coefficient (Wildman–Crippen LogP) is 4.71. The first-order valence-corrected chi connectivity index (χ1v) is 11.3. The van der Waals surface area contributed by atoms with Crippen LogP contribution < -0.4 is 9.80 Å². The number of carbonyl (C=O) groups excluding carboxylic acids is 1. The molecule has 2 heterocycles. The van der Waals surface area contributed by atoms with E-state index >= 15 is 0 Å². The highest BCUT2D eigenvalue weighted by molar-refractivity contribution is 14.1. The normalized spacial score (nSPS) is 14.0. The van der Waals surface area contributed by atoms with Crippen LogP contribution in [0.25, 0.3) is 10.9 Å². The number of esters is 1. The zero-order valence-corrected chi connectivity index (χ0v) is 20.1. The van der Waals surface area contributed by atoms with E-state index in [2.05, 4.69) is 15.9 Å². The zero-order valence-electron chi connectivity index (χ0n) is 17.2. The average molecular weight is 548 g/mol. The molecule has 0 bridgehead atoms. The maximum atomic E-state index is 12.3. The van der Waals surface area contributed by atoms with Gasteiger partial charge in [-0.2, -0.15) is 5.26 Å². The molecule has 1 saturated heterocycles. The lowest BCUT2D eigenvalue weighted by Crippen LogP contribution is -2.46. The van der Waals surface area contributed by atoms with Crippen molar-refractivity contribution in [2.75, 3.05) is 43.1 Å². The van der Waals surface area contributed by atoms with Gasteiger partial charge in [0.15, 0.2) is 0 Å². The van der Waals surface area contributed by atoms with Crippen molar-refractivity contribution in [2.45, 2.75) is 6.92 Å². The molecule has 0 unspecified atom stereocenters. The van der Waals surface area contributed by atoms with Crippen LogP contribution in [0, 0.1) is 18.3 Å². The van der Waals surface area contributed by atoms with Gasteiger partial charge in [0.2, 0.25) is 0 Å². The fraction of sp³-hybridized carbons (Fsp3) is 0.273. The quantitative estimate of drug-likeness (QED) is 0.260. The van der Waals surface area contributed by atoms with E-state index in [1.165, 1.54) is 19.3 Å². The summed E-state index contributed by atoms with van der Waals surface area (Å²) in [5.74, 6) is -0.339. The lowest BCUT2D eigenvalue weighted by Gasteiger charge is -2.37. The summed E-state index contributed by atoms with van der Waals surface area (Å²) in [7, 11) is 1.40. The number of nitrogens with zero attached hydrogens (tertiary/aromatic N) is 4. The molecular formula is C22H21IN4O3S. The van der Waals surface area contributed by atoms with Crippen LogP contribution in [0.4, 0.5) is 11.4 Å². The van der Waals surface area contributed by atoms with Gasteiger partial charge in [-0.05, 0) is 36.8 Å². The number of benzene rings is 2. The Hall–Kier alpha value is -2.42. The molecule has 1 aliphatic heterocycles. The molecule has 0 aliphatic carbocycles. The largest absolute Gasteiger partial charge is 0.465 e. The zero-order chi connectivity index (χ0) is 22.0. The summed E-state index contributed by atoms with van der Waals surface area (Å²) in [5.41, 5.74) is 5.13. The van der Waals surface area contributed by atoms with Crippen LogP contribution in [0.3, 0.4) is 0 Å². The Morgan fingerprint density at radius 3 is 2.45 bits per heavy atom. The van der Waals surface area contributed by atoms with Gasteiger partial charge in [0.1, 0.15) is 41.3 Å². The summed E-state index contributed by atoms with van der Waals surface area (Å²) in [6.07, 6.45) is 2.05. The first-order valence-electron chi connectivity index (χ1n) is 9.76. The Morgan fingerprint density at radius 2 is 1.81 bits per heavy atom. The lowest BCUT2D eigenvalue weighted by molar-refractivity contribution is 0.0600. The van der Waals surface area contributed by atoms with Crippen LogP contribution in [-0.2, 0) is 7.25 Å². The first kappa shape index (κ1) is 21.8. The Balaban J connectivity index is 1.66. The summed E-state index contributed by atoms with van der Waals surface area (Å²) in [5, 5.41) is 10.4. The third-order valence-corrected chi connectivity index (χ3v) is 6.60. The van der Waals surface area contributed by atoms with Crippen molar-refractivity contribution in [3.8, 4) is 6.07 Å². The van der Waals surface area contributed by atoms with Gasteiger partial charge in [-0.25, -0.2) is 7.31 Å². The number of fused-ring (bicyclic) bond motifs is 1. The molecule has 0 atom stereocenters. The highest BCUT2D eigenvalue weighted by Crippen LogP contribution is 2.36. The molecule has 2 aromatic carbocycles. The maximum Gasteiger partial charge on any atom is 0.338 e. The van der Waals surface area contributed by atoms with E-state index in [1.54, 1.807) is 0 Å². The number of aromatic nitrogens is 1. The van der Waals surface area contributed by atoms with Gasteiger partial charge >= 0.3 is 5.97 Å². The molecule has 31 heavy (non-hydrogen) atoms. The second-order valence-corrected chi connectivity index (χ2v) is 9.00. The summed E-state index contributed by atoms with van der Waals surface area (Å²) >= 11 is 3.09. The third-order valence-electron chi connectivity index (χ3n) is 5.59. The second kappa shape index (κ2) is 9.38. The number of para-hydroxylation sites is 1. The summed E-state index contributed by atoms with van der Waals surface area (Å²) in [4.78, 5) is 16.8. The fourth-order valence-electron chi connectivity index (χ4n) is 4.04. The van der Waals surface area contributed by atoms with Gasteiger partial charge in [0.25, 0.3) is 0 Å². The van der Waals surface area contributed by atoms with Crippen molar-refractivity contribution >= 4 is 63.5 Å². The molecule has 0 saturated carbocycles. The number of anilines is 2. The Kier molecular flexibility index (Phi) is 6.60. The molecule has 0 spiro atoms. The number of methoxy groups -OCH3 is 1. The van der Waals surface area contributed by atoms with E-state index in [9.17, 15) is 10.1 Å². The fourth-order valence-corrected chi connectivity index (χ4v) is 4.99. The van der Waals surface area contributed by atoms with Crippen LogP contribution in [0.15, 0.2) is 42.6 Å². The van der Waals surface area contributed by atoms with Crippen LogP contribution >= 0.6 is 35.2 Å². The number of halogens is 1. The Morgan fingerprint density at radius 1 is 1.13 bits per heavy atom. The maximum absolute atomic E-state index is 12.3. The standard InChI is InChI=1S/C22H21IN4O3S/c1-15-11-20-18(12-17(15)22(28)29-2)21(14-27(20)31-30-23)26-9-7-25(8-10-26)19-6-4-3-5-16(19)13-24/h3-6,11-12,14H,7-10H2,1-2H3. The van der Waals surface area contributed by atoms with Crippen molar-refractivity contribution < 1.29 is 12.0 Å². The van der Waals surface area contributed by atoms with Crippen LogP contribution in [0.5, 0.6) is 0 Å². The first-order chi connectivity index (χ1) is 15.1. The van der Waals surface area contributed by atoms with Gasteiger partial charge in [-0.1, -0.05) is 12.1 Å². The van der Waals surface area contributed by atoms with E-state index < -0.39 is 0 Å². The molecule has 4 rings (SSSR count). The molecule has 3 aromatic rings. The second-order valence-electron chi connectivity index (χ2n) is 7.26. The highest BCUT2D eigenvalue weighted by Gasteiger charge is 2.24. The summed E-state index contributed by atoms with van der Waals surface area (Å²) < 4.78 is 12.2. The van der Waals surface area contributed by atoms with Crippen molar-refractivity contribution in [1.82, 2.24) is 3.97 Å². The molecule has 9 heteroatoms. The van der Waals surface area contributed by atoms with E-state index in [4.69, 9.17) is 7.25 Å². The third kappa shape index (κ3) is 4.20. The number of hydrogen-bond donors (Lipinski definition) is 0. The van der Waals surface area contributed by atoms with Crippen LogP contribution in [0.1, 0.15) is 21.5 Å². The molecule has 0 radical (unpaired) electrons.